The molecule has 3 N–H and O–H groups in total. The first-order chi connectivity index (χ1) is 17.6. The van der Waals surface area contributed by atoms with E-state index in [1.54, 1.807) is 31.5 Å². The molecule has 4 aromatic rings. The van der Waals surface area contributed by atoms with Gasteiger partial charge in [-0.1, -0.05) is 16.8 Å². The number of nitrogens with one attached hydrogen (secondary N) is 3. The number of carbonyl (C=O) groups excluding carboxylic acids is 2. The van der Waals surface area contributed by atoms with Crippen molar-refractivity contribution >= 4 is 50.9 Å². The standard InChI is InChI=1S/C26H29ClN6O4/c1-14(29-24(34)20-7-15(2)37-32-20)11-33-13-26(3,4)36-12-22(33)25(35)31-19-9-16(27)8-18-17-5-6-28-10-21(17)30-23(18)19/h5-10,14,22,30H,11-13H2,1-4H3,(H,29,34)(H,31,35)/t14-,22?/m0/s1. The Morgan fingerprint density at radius 3 is 2.86 bits per heavy atom. The van der Waals surface area contributed by atoms with Gasteiger partial charge in [-0.3, -0.25) is 19.5 Å². The lowest BCUT2D eigenvalue weighted by molar-refractivity contribution is -0.143. The van der Waals surface area contributed by atoms with Crippen LogP contribution in [0.15, 0.2) is 41.2 Å². The SMILES string of the molecule is Cc1cc(C(=O)N[C@@H](C)CN2CC(C)(C)OCC2C(=O)Nc2cc(Cl)cc3c2[nH]c2cnccc23)no1. The van der Waals surface area contributed by atoms with Crippen molar-refractivity contribution in [3.63, 3.8) is 0 Å². The molecule has 0 spiro atoms. The number of hydrogen-bond donors (Lipinski definition) is 3. The van der Waals surface area contributed by atoms with E-state index in [1.807, 2.05) is 37.8 Å². The number of morpholine rings is 1. The van der Waals surface area contributed by atoms with Crippen LogP contribution in [-0.2, 0) is 9.53 Å². The highest BCUT2D eigenvalue weighted by Crippen LogP contribution is 2.33. The first-order valence-corrected chi connectivity index (χ1v) is 12.5. The average molecular weight is 525 g/mol. The zero-order valence-corrected chi connectivity index (χ0v) is 21.8. The summed E-state index contributed by atoms with van der Waals surface area (Å²) >= 11 is 6.42. The number of anilines is 1. The summed E-state index contributed by atoms with van der Waals surface area (Å²) in [5.74, 6) is 0.0137. The van der Waals surface area contributed by atoms with Crippen LogP contribution in [0.5, 0.6) is 0 Å². The number of aromatic amines is 1. The summed E-state index contributed by atoms with van der Waals surface area (Å²) in [4.78, 5) is 35.7. The summed E-state index contributed by atoms with van der Waals surface area (Å²) in [7, 11) is 0. The van der Waals surface area contributed by atoms with E-state index in [9.17, 15) is 9.59 Å². The molecule has 1 saturated heterocycles. The van der Waals surface area contributed by atoms with Gasteiger partial charge in [0.05, 0.1) is 35.1 Å². The molecule has 37 heavy (non-hydrogen) atoms. The maximum absolute atomic E-state index is 13.6. The van der Waals surface area contributed by atoms with Gasteiger partial charge >= 0.3 is 0 Å². The van der Waals surface area contributed by atoms with Gasteiger partial charge < -0.3 is 24.9 Å². The van der Waals surface area contributed by atoms with Crippen LogP contribution in [0.1, 0.15) is 37.0 Å². The fraction of sp³-hybridized carbons (Fsp3) is 0.385. The third-order valence-corrected chi connectivity index (χ3v) is 6.66. The van der Waals surface area contributed by atoms with Crippen molar-refractivity contribution in [3.8, 4) is 0 Å². The van der Waals surface area contributed by atoms with Crippen molar-refractivity contribution in [2.75, 3.05) is 25.0 Å². The Morgan fingerprint density at radius 2 is 2.11 bits per heavy atom. The van der Waals surface area contributed by atoms with E-state index in [0.29, 0.717) is 29.6 Å². The van der Waals surface area contributed by atoms with Crippen molar-refractivity contribution < 1.29 is 18.8 Å². The quantitative estimate of drug-likeness (QED) is 0.349. The number of carbonyl (C=O) groups is 2. The molecular weight excluding hydrogens is 496 g/mol. The van der Waals surface area contributed by atoms with E-state index in [2.05, 4.69) is 25.8 Å². The second-order valence-corrected chi connectivity index (χ2v) is 10.6. The van der Waals surface area contributed by atoms with Gasteiger partial charge in [-0.05, 0) is 45.9 Å². The zero-order valence-electron chi connectivity index (χ0n) is 21.1. The number of benzene rings is 1. The second kappa shape index (κ2) is 9.77. The van der Waals surface area contributed by atoms with Crippen LogP contribution in [0.3, 0.4) is 0 Å². The molecular formula is C26H29ClN6O4. The number of hydrogen-bond acceptors (Lipinski definition) is 7. The molecule has 1 aromatic carbocycles. The molecule has 4 heterocycles. The number of amides is 2. The summed E-state index contributed by atoms with van der Waals surface area (Å²) in [5, 5.41) is 12.1. The lowest BCUT2D eigenvalue weighted by Gasteiger charge is -2.43. The number of pyridine rings is 1. The molecule has 0 aliphatic carbocycles. The molecule has 1 fully saturated rings. The van der Waals surface area contributed by atoms with Crippen molar-refractivity contribution in [1.29, 1.82) is 0 Å². The topological polar surface area (TPSA) is 125 Å². The number of halogens is 1. The van der Waals surface area contributed by atoms with Gasteiger partial charge in [-0.15, -0.1) is 0 Å². The largest absolute Gasteiger partial charge is 0.372 e. The Bertz CT molecular complexity index is 1480. The first-order valence-electron chi connectivity index (χ1n) is 12.1. The van der Waals surface area contributed by atoms with Gasteiger partial charge in [0.2, 0.25) is 5.91 Å². The molecule has 194 valence electrons. The number of fused-ring (bicyclic) bond motifs is 3. The molecule has 3 aromatic heterocycles. The summed E-state index contributed by atoms with van der Waals surface area (Å²) in [6.45, 7) is 8.74. The minimum atomic E-state index is -0.568. The van der Waals surface area contributed by atoms with Gasteiger partial charge in [-0.2, -0.15) is 0 Å². The van der Waals surface area contributed by atoms with Gasteiger partial charge in [0, 0.05) is 47.2 Å². The summed E-state index contributed by atoms with van der Waals surface area (Å²) in [6.07, 6.45) is 3.46. The van der Waals surface area contributed by atoms with Crippen LogP contribution in [0.25, 0.3) is 21.8 Å². The van der Waals surface area contributed by atoms with E-state index in [4.69, 9.17) is 20.9 Å². The normalized spacial score (nSPS) is 18.7. The van der Waals surface area contributed by atoms with E-state index in [-0.39, 0.29) is 30.2 Å². The molecule has 1 unspecified atom stereocenters. The van der Waals surface area contributed by atoms with Gasteiger partial charge in [0.1, 0.15) is 11.8 Å². The predicted molar refractivity (Wildman–Crippen MR) is 141 cm³/mol. The van der Waals surface area contributed by atoms with Crippen LogP contribution < -0.4 is 10.6 Å². The minimum absolute atomic E-state index is 0.211. The Kier molecular flexibility index (Phi) is 6.65. The molecule has 1 aliphatic rings. The summed E-state index contributed by atoms with van der Waals surface area (Å²) < 4.78 is 11.0. The van der Waals surface area contributed by atoms with Gasteiger partial charge in [0.15, 0.2) is 5.69 Å². The Balaban J connectivity index is 1.35. The van der Waals surface area contributed by atoms with Gasteiger partial charge in [0.25, 0.3) is 5.91 Å². The summed E-state index contributed by atoms with van der Waals surface area (Å²) in [5.41, 5.74) is 1.98. The van der Waals surface area contributed by atoms with E-state index < -0.39 is 11.6 Å². The van der Waals surface area contributed by atoms with Crippen LogP contribution in [0.4, 0.5) is 5.69 Å². The third kappa shape index (κ3) is 5.31. The van der Waals surface area contributed by atoms with Crippen molar-refractivity contribution in [2.24, 2.45) is 0 Å². The molecule has 5 rings (SSSR count). The molecule has 10 nitrogen and oxygen atoms in total. The van der Waals surface area contributed by atoms with Crippen LogP contribution in [-0.4, -0.2) is 69.2 Å². The lowest BCUT2D eigenvalue weighted by Crippen LogP contribution is -2.60. The van der Waals surface area contributed by atoms with Crippen molar-refractivity contribution in [1.82, 2.24) is 25.3 Å². The molecule has 2 amide bonds. The highest BCUT2D eigenvalue weighted by atomic mass is 35.5. The van der Waals surface area contributed by atoms with E-state index in [0.717, 1.165) is 21.8 Å². The maximum atomic E-state index is 13.6. The number of aromatic nitrogens is 3. The average Bonchev–Trinajstić information content (AvgIpc) is 3.42. The van der Waals surface area contributed by atoms with E-state index >= 15 is 0 Å². The van der Waals surface area contributed by atoms with Crippen LogP contribution in [0, 0.1) is 6.92 Å². The number of H-pyrrole nitrogens is 1. The fourth-order valence-corrected chi connectivity index (χ4v) is 5.01. The minimum Gasteiger partial charge on any atom is -0.372 e. The highest BCUT2D eigenvalue weighted by molar-refractivity contribution is 6.33. The van der Waals surface area contributed by atoms with Gasteiger partial charge in [-0.25, -0.2) is 0 Å². The smallest absolute Gasteiger partial charge is 0.273 e. The molecule has 2 atom stereocenters. The Morgan fingerprint density at radius 1 is 1.30 bits per heavy atom. The first kappa shape index (κ1) is 25.2. The van der Waals surface area contributed by atoms with Crippen molar-refractivity contribution in [2.45, 2.75) is 45.4 Å². The monoisotopic (exact) mass is 524 g/mol. The zero-order chi connectivity index (χ0) is 26.3. The Labute approximate surface area is 218 Å². The number of rotatable bonds is 6. The maximum Gasteiger partial charge on any atom is 0.273 e. The second-order valence-electron chi connectivity index (χ2n) is 10.1. The fourth-order valence-electron chi connectivity index (χ4n) is 4.79. The molecule has 0 saturated carbocycles. The number of ether oxygens (including phenoxy) is 1. The Hall–Kier alpha value is -3.47. The van der Waals surface area contributed by atoms with E-state index in [1.165, 1.54) is 0 Å². The van der Waals surface area contributed by atoms with Crippen LogP contribution in [0.2, 0.25) is 5.02 Å². The summed E-state index contributed by atoms with van der Waals surface area (Å²) in [6, 6.07) is 6.26. The molecule has 0 bridgehead atoms. The predicted octanol–water partition coefficient (Wildman–Crippen LogP) is 3.90. The highest BCUT2D eigenvalue weighted by Gasteiger charge is 2.38. The molecule has 1 aliphatic heterocycles. The number of aryl methyl sites for hydroxylation is 1. The number of nitrogens with zero attached hydrogens (tertiary/aromatic N) is 3. The lowest BCUT2D eigenvalue weighted by atomic mass is 10.0. The molecule has 0 radical (unpaired) electrons. The third-order valence-electron chi connectivity index (χ3n) is 6.44. The van der Waals surface area contributed by atoms with Crippen LogP contribution >= 0.6 is 11.6 Å². The molecule has 11 heteroatoms. The van der Waals surface area contributed by atoms with Crippen molar-refractivity contribution in [3.05, 3.63) is 53.1 Å².